The van der Waals surface area contributed by atoms with Gasteiger partial charge in [-0.15, -0.1) is 0 Å². The van der Waals surface area contributed by atoms with Crippen LogP contribution >= 0.6 is 11.6 Å². The molecular weight excluding hydrogens is 253 g/mol. The second-order valence-electron chi connectivity index (χ2n) is 4.25. The fraction of sp³-hybridized carbons (Fsp3) is 0.308. The predicted octanol–water partition coefficient (Wildman–Crippen LogP) is 2.57. The SMILES string of the molecule is Cc1c(Cc2ccc(F)c(Cl)c2)nc(CN)n1C. The molecule has 5 heteroatoms. The summed E-state index contributed by atoms with van der Waals surface area (Å²) in [6.07, 6.45) is 0.625. The minimum atomic E-state index is -0.402. The van der Waals surface area contributed by atoms with Crippen LogP contribution < -0.4 is 5.73 Å². The predicted molar refractivity (Wildman–Crippen MR) is 70.1 cm³/mol. The van der Waals surface area contributed by atoms with Crippen LogP contribution in [0.5, 0.6) is 0 Å². The van der Waals surface area contributed by atoms with Crippen LogP contribution in [0.15, 0.2) is 18.2 Å². The summed E-state index contributed by atoms with van der Waals surface area (Å²) in [5, 5.41) is 0.139. The first-order chi connectivity index (χ1) is 8.52. The number of hydrogen-bond donors (Lipinski definition) is 1. The van der Waals surface area contributed by atoms with Crippen molar-refractivity contribution in [3.8, 4) is 0 Å². The number of hydrogen-bond acceptors (Lipinski definition) is 2. The molecule has 0 fully saturated rings. The molecule has 0 saturated carbocycles. The van der Waals surface area contributed by atoms with Gasteiger partial charge in [-0.2, -0.15) is 0 Å². The quantitative estimate of drug-likeness (QED) is 0.929. The summed E-state index contributed by atoms with van der Waals surface area (Å²) in [7, 11) is 1.94. The van der Waals surface area contributed by atoms with Crippen molar-refractivity contribution < 1.29 is 4.39 Å². The molecule has 96 valence electrons. The van der Waals surface area contributed by atoms with E-state index in [1.807, 2.05) is 18.5 Å². The number of benzene rings is 1. The Hall–Kier alpha value is -1.39. The van der Waals surface area contributed by atoms with E-state index in [0.717, 1.165) is 22.8 Å². The van der Waals surface area contributed by atoms with Crippen LogP contribution in [0.4, 0.5) is 4.39 Å². The molecule has 2 aromatic rings. The molecule has 0 spiro atoms. The van der Waals surface area contributed by atoms with Crippen LogP contribution in [0.1, 0.15) is 22.8 Å². The summed E-state index contributed by atoms with van der Waals surface area (Å²) in [5.41, 5.74) is 8.56. The number of aromatic nitrogens is 2. The molecule has 0 bridgehead atoms. The second kappa shape index (κ2) is 5.08. The lowest BCUT2D eigenvalue weighted by atomic mass is 10.1. The maximum Gasteiger partial charge on any atom is 0.141 e. The fourth-order valence-corrected chi connectivity index (χ4v) is 2.09. The van der Waals surface area contributed by atoms with E-state index in [0.29, 0.717) is 13.0 Å². The van der Waals surface area contributed by atoms with E-state index >= 15 is 0 Å². The lowest BCUT2D eigenvalue weighted by Gasteiger charge is -2.02. The Morgan fingerprint density at radius 2 is 2.17 bits per heavy atom. The van der Waals surface area contributed by atoms with Crippen molar-refractivity contribution in [2.24, 2.45) is 12.8 Å². The Morgan fingerprint density at radius 3 is 2.72 bits per heavy atom. The maximum absolute atomic E-state index is 13.1. The summed E-state index contributed by atoms with van der Waals surface area (Å²) >= 11 is 5.76. The first-order valence-corrected chi connectivity index (χ1v) is 6.05. The van der Waals surface area contributed by atoms with E-state index in [2.05, 4.69) is 4.98 Å². The third-order valence-corrected chi connectivity index (χ3v) is 3.40. The van der Waals surface area contributed by atoms with E-state index < -0.39 is 5.82 Å². The topological polar surface area (TPSA) is 43.8 Å². The van der Waals surface area contributed by atoms with Gasteiger partial charge in [0.15, 0.2) is 0 Å². The lowest BCUT2D eigenvalue weighted by molar-refractivity contribution is 0.627. The molecule has 3 nitrogen and oxygen atoms in total. The van der Waals surface area contributed by atoms with Gasteiger partial charge in [-0.25, -0.2) is 9.37 Å². The summed E-state index contributed by atoms with van der Waals surface area (Å²) in [6, 6.07) is 4.73. The van der Waals surface area contributed by atoms with Gasteiger partial charge >= 0.3 is 0 Å². The summed E-state index contributed by atoms with van der Waals surface area (Å²) in [4.78, 5) is 4.48. The zero-order chi connectivity index (χ0) is 13.3. The highest BCUT2D eigenvalue weighted by molar-refractivity contribution is 6.30. The van der Waals surface area contributed by atoms with Crippen molar-refractivity contribution in [3.63, 3.8) is 0 Å². The van der Waals surface area contributed by atoms with Crippen LogP contribution in [0.25, 0.3) is 0 Å². The van der Waals surface area contributed by atoms with E-state index in [1.165, 1.54) is 6.07 Å². The highest BCUT2D eigenvalue weighted by Crippen LogP contribution is 2.19. The van der Waals surface area contributed by atoms with Crippen molar-refractivity contribution in [2.75, 3.05) is 0 Å². The van der Waals surface area contributed by atoms with Gasteiger partial charge in [0.25, 0.3) is 0 Å². The number of nitrogens with zero attached hydrogens (tertiary/aromatic N) is 2. The fourth-order valence-electron chi connectivity index (χ4n) is 1.89. The minimum Gasteiger partial charge on any atom is -0.334 e. The Morgan fingerprint density at radius 1 is 1.44 bits per heavy atom. The molecule has 0 atom stereocenters. The molecule has 0 saturated heterocycles. The zero-order valence-electron chi connectivity index (χ0n) is 10.4. The van der Waals surface area contributed by atoms with E-state index in [4.69, 9.17) is 17.3 Å². The minimum absolute atomic E-state index is 0.139. The largest absolute Gasteiger partial charge is 0.334 e. The van der Waals surface area contributed by atoms with Crippen molar-refractivity contribution >= 4 is 11.6 Å². The Labute approximate surface area is 110 Å². The second-order valence-corrected chi connectivity index (χ2v) is 4.66. The Bertz CT molecular complexity index is 578. The van der Waals surface area contributed by atoms with Gasteiger partial charge in [0, 0.05) is 19.2 Å². The van der Waals surface area contributed by atoms with Crippen molar-refractivity contribution in [2.45, 2.75) is 19.9 Å². The van der Waals surface area contributed by atoms with Crippen molar-refractivity contribution in [1.82, 2.24) is 9.55 Å². The van der Waals surface area contributed by atoms with E-state index in [-0.39, 0.29) is 5.02 Å². The standard InChI is InChI=1S/C13H15ClFN3/c1-8-12(17-13(7-16)18(8)2)6-9-3-4-11(15)10(14)5-9/h3-5H,6-7,16H2,1-2H3. The molecule has 2 rings (SSSR count). The summed E-state index contributed by atoms with van der Waals surface area (Å²) in [6.45, 7) is 2.40. The highest BCUT2D eigenvalue weighted by atomic mass is 35.5. The first-order valence-electron chi connectivity index (χ1n) is 5.68. The van der Waals surface area contributed by atoms with Crippen LogP contribution in [0.3, 0.4) is 0 Å². The molecule has 1 aromatic carbocycles. The number of halogens is 2. The molecule has 0 unspecified atom stereocenters. The molecule has 18 heavy (non-hydrogen) atoms. The molecule has 1 aromatic heterocycles. The number of imidazole rings is 1. The molecule has 2 N–H and O–H groups in total. The highest BCUT2D eigenvalue weighted by Gasteiger charge is 2.11. The summed E-state index contributed by atoms with van der Waals surface area (Å²) in [5.74, 6) is 0.441. The normalized spacial score (nSPS) is 10.9. The van der Waals surface area contributed by atoms with E-state index in [9.17, 15) is 4.39 Å². The molecule has 0 amide bonds. The lowest BCUT2D eigenvalue weighted by Crippen LogP contribution is -2.05. The average molecular weight is 268 g/mol. The first kappa shape index (κ1) is 13.1. The third-order valence-electron chi connectivity index (χ3n) is 3.11. The van der Waals surface area contributed by atoms with E-state index in [1.54, 1.807) is 12.1 Å². The van der Waals surface area contributed by atoms with Crippen molar-refractivity contribution in [3.05, 3.63) is 51.8 Å². The maximum atomic E-state index is 13.1. The van der Waals surface area contributed by atoms with Crippen LogP contribution in [-0.4, -0.2) is 9.55 Å². The van der Waals surface area contributed by atoms with Gasteiger partial charge in [-0.1, -0.05) is 17.7 Å². The molecule has 0 radical (unpaired) electrons. The Balaban J connectivity index is 2.31. The van der Waals surface area contributed by atoms with Crippen LogP contribution in [0.2, 0.25) is 5.02 Å². The Kier molecular flexibility index (Phi) is 3.68. The zero-order valence-corrected chi connectivity index (χ0v) is 11.1. The molecule has 0 aliphatic heterocycles. The van der Waals surface area contributed by atoms with Gasteiger partial charge in [0.2, 0.25) is 0 Å². The molecule has 1 heterocycles. The molecule has 0 aliphatic carbocycles. The van der Waals surface area contributed by atoms with Crippen molar-refractivity contribution in [1.29, 1.82) is 0 Å². The van der Waals surface area contributed by atoms with Gasteiger partial charge < -0.3 is 10.3 Å². The van der Waals surface area contributed by atoms with Gasteiger partial charge in [-0.3, -0.25) is 0 Å². The van der Waals surface area contributed by atoms with Crippen LogP contribution in [0, 0.1) is 12.7 Å². The van der Waals surface area contributed by atoms with Gasteiger partial charge in [-0.05, 0) is 24.6 Å². The molecular formula is C13H15ClFN3. The number of nitrogens with two attached hydrogens (primary N) is 1. The smallest absolute Gasteiger partial charge is 0.141 e. The number of rotatable bonds is 3. The average Bonchev–Trinajstić information content (AvgIpc) is 2.62. The summed E-state index contributed by atoms with van der Waals surface area (Å²) < 4.78 is 15.0. The molecule has 0 aliphatic rings. The van der Waals surface area contributed by atoms with Gasteiger partial charge in [0.1, 0.15) is 11.6 Å². The monoisotopic (exact) mass is 267 g/mol. The third kappa shape index (κ3) is 2.40. The van der Waals surface area contributed by atoms with Gasteiger partial charge in [0.05, 0.1) is 17.3 Å². The van der Waals surface area contributed by atoms with Crippen LogP contribution in [-0.2, 0) is 20.0 Å².